The average molecular weight is 444 g/mol. The number of carbonyl (C=O) groups is 3. The lowest BCUT2D eigenvalue weighted by Crippen LogP contribution is -2.45. The number of nitrogens with one attached hydrogen (secondary N) is 1. The van der Waals surface area contributed by atoms with Gasteiger partial charge in [-0.3, -0.25) is 14.5 Å². The summed E-state index contributed by atoms with van der Waals surface area (Å²) in [6, 6.07) is 11.9. The second-order valence-electron chi connectivity index (χ2n) is 6.61. The molecule has 0 aliphatic carbocycles. The van der Waals surface area contributed by atoms with E-state index < -0.39 is 11.2 Å². The van der Waals surface area contributed by atoms with Gasteiger partial charge in [-0.15, -0.1) is 0 Å². The average Bonchev–Trinajstić information content (AvgIpc) is 2.76. The number of halogens is 1. The summed E-state index contributed by atoms with van der Waals surface area (Å²) < 4.78 is 18.1. The highest BCUT2D eigenvalue weighted by atomic mass is 32.2. The van der Waals surface area contributed by atoms with Gasteiger partial charge in [-0.1, -0.05) is 11.8 Å². The molecule has 0 saturated carbocycles. The second kappa shape index (κ2) is 10.2. The first kappa shape index (κ1) is 22.5. The van der Waals surface area contributed by atoms with Gasteiger partial charge in [-0.2, -0.15) is 0 Å². The fraction of sp³-hybridized carbons (Fsp3) is 0.273. The molecule has 1 aliphatic heterocycles. The summed E-state index contributed by atoms with van der Waals surface area (Å²) in [6.07, 6.45) is 0.0354. The lowest BCUT2D eigenvalue weighted by Gasteiger charge is -2.30. The molecule has 9 heteroatoms. The van der Waals surface area contributed by atoms with Crippen molar-refractivity contribution in [1.29, 1.82) is 0 Å². The molecule has 0 unspecified atom stereocenters. The minimum absolute atomic E-state index is 0.0354. The summed E-state index contributed by atoms with van der Waals surface area (Å²) in [4.78, 5) is 43.0. The number of rotatable bonds is 6. The van der Waals surface area contributed by atoms with Crippen molar-refractivity contribution in [2.24, 2.45) is 4.99 Å². The van der Waals surface area contributed by atoms with Crippen LogP contribution in [0.5, 0.6) is 0 Å². The normalized spacial score (nSPS) is 17.5. The topological polar surface area (TPSA) is 88.1 Å². The third kappa shape index (κ3) is 5.69. The van der Waals surface area contributed by atoms with Crippen molar-refractivity contribution in [3.63, 3.8) is 0 Å². The van der Waals surface area contributed by atoms with E-state index in [-0.39, 0.29) is 30.7 Å². The molecule has 1 N–H and O–H groups in total. The number of thioether (sulfide) groups is 1. The molecule has 1 aliphatic rings. The van der Waals surface area contributed by atoms with Crippen molar-refractivity contribution >= 4 is 46.1 Å². The summed E-state index contributed by atoms with van der Waals surface area (Å²) in [5.74, 6) is -1.37. The molecule has 0 aromatic heterocycles. The van der Waals surface area contributed by atoms with Gasteiger partial charge >= 0.3 is 5.97 Å². The van der Waals surface area contributed by atoms with Crippen molar-refractivity contribution in [3.05, 3.63) is 59.9 Å². The van der Waals surface area contributed by atoms with Crippen LogP contribution >= 0.6 is 11.8 Å². The van der Waals surface area contributed by atoms with Crippen molar-refractivity contribution in [2.75, 3.05) is 18.5 Å². The van der Waals surface area contributed by atoms with Crippen LogP contribution in [0.4, 0.5) is 15.8 Å². The molecule has 162 valence electrons. The largest absolute Gasteiger partial charge is 0.462 e. The van der Waals surface area contributed by atoms with Gasteiger partial charge in [0.15, 0.2) is 5.17 Å². The van der Waals surface area contributed by atoms with Crippen LogP contribution in [0.2, 0.25) is 0 Å². The van der Waals surface area contributed by atoms with Crippen molar-refractivity contribution in [3.8, 4) is 0 Å². The smallest absolute Gasteiger partial charge is 0.338 e. The molecule has 3 rings (SSSR count). The van der Waals surface area contributed by atoms with E-state index in [2.05, 4.69) is 10.3 Å². The van der Waals surface area contributed by atoms with Crippen LogP contribution in [0.25, 0.3) is 0 Å². The zero-order valence-electron chi connectivity index (χ0n) is 17.1. The Morgan fingerprint density at radius 1 is 1.16 bits per heavy atom. The van der Waals surface area contributed by atoms with Crippen LogP contribution in [-0.4, -0.2) is 46.3 Å². The second-order valence-corrected chi connectivity index (χ2v) is 7.78. The number of nitrogens with zero attached hydrogens (tertiary/aromatic N) is 2. The van der Waals surface area contributed by atoms with Crippen LogP contribution in [0.1, 0.15) is 30.6 Å². The van der Waals surface area contributed by atoms with Crippen LogP contribution in [-0.2, 0) is 14.3 Å². The number of esters is 1. The SMILES string of the molecule is CCOC(=O)c1ccc(NC(=O)[C@H]2CC(=O)N(CC)C(=Nc3ccc(F)cc3)S2)cc1. The van der Waals surface area contributed by atoms with Gasteiger partial charge in [0.1, 0.15) is 11.1 Å². The molecule has 2 aromatic carbocycles. The van der Waals surface area contributed by atoms with E-state index in [0.29, 0.717) is 28.7 Å². The van der Waals surface area contributed by atoms with Crippen molar-refractivity contribution < 1.29 is 23.5 Å². The molecule has 31 heavy (non-hydrogen) atoms. The highest BCUT2D eigenvalue weighted by molar-refractivity contribution is 8.15. The number of amides is 2. The maximum Gasteiger partial charge on any atom is 0.338 e. The number of ether oxygens (including phenoxy) is 1. The first-order valence-corrected chi connectivity index (χ1v) is 10.7. The Labute approximate surface area is 183 Å². The predicted octanol–water partition coefficient (Wildman–Crippen LogP) is 3.98. The molecule has 1 saturated heterocycles. The van der Waals surface area contributed by atoms with E-state index in [1.54, 1.807) is 31.2 Å². The Morgan fingerprint density at radius 3 is 2.45 bits per heavy atom. The Hall–Kier alpha value is -3.20. The van der Waals surface area contributed by atoms with E-state index >= 15 is 0 Å². The fourth-order valence-electron chi connectivity index (χ4n) is 2.91. The Balaban J connectivity index is 1.73. The predicted molar refractivity (Wildman–Crippen MR) is 118 cm³/mol. The third-order valence-electron chi connectivity index (χ3n) is 4.46. The van der Waals surface area contributed by atoms with E-state index in [1.807, 2.05) is 6.92 Å². The Bertz CT molecular complexity index is 993. The van der Waals surface area contributed by atoms with Crippen LogP contribution in [0, 0.1) is 5.82 Å². The molecule has 1 atom stereocenters. The van der Waals surface area contributed by atoms with Gasteiger partial charge in [-0.25, -0.2) is 14.2 Å². The first-order valence-electron chi connectivity index (χ1n) is 9.80. The summed E-state index contributed by atoms with van der Waals surface area (Å²) in [7, 11) is 0. The van der Waals surface area contributed by atoms with E-state index in [4.69, 9.17) is 4.74 Å². The maximum absolute atomic E-state index is 13.2. The molecule has 2 amide bonds. The summed E-state index contributed by atoms with van der Waals surface area (Å²) in [5.41, 5.74) is 1.38. The van der Waals surface area contributed by atoms with E-state index in [1.165, 1.54) is 40.9 Å². The van der Waals surface area contributed by atoms with Crippen molar-refractivity contribution in [2.45, 2.75) is 25.5 Å². The van der Waals surface area contributed by atoms with Gasteiger partial charge in [-0.05, 0) is 62.4 Å². The summed E-state index contributed by atoms with van der Waals surface area (Å²) in [6.45, 7) is 4.24. The molecule has 0 bridgehead atoms. The number of aliphatic imine (C=N–C) groups is 1. The zero-order valence-corrected chi connectivity index (χ0v) is 17.9. The van der Waals surface area contributed by atoms with Crippen LogP contribution in [0.3, 0.4) is 0 Å². The highest BCUT2D eigenvalue weighted by Crippen LogP contribution is 2.29. The maximum atomic E-state index is 13.2. The van der Waals surface area contributed by atoms with Crippen LogP contribution < -0.4 is 5.32 Å². The third-order valence-corrected chi connectivity index (χ3v) is 5.65. The van der Waals surface area contributed by atoms with Crippen LogP contribution in [0.15, 0.2) is 53.5 Å². The molecule has 7 nitrogen and oxygen atoms in total. The van der Waals surface area contributed by atoms with Gasteiger partial charge in [0.25, 0.3) is 0 Å². The number of carbonyl (C=O) groups excluding carboxylic acids is 3. The Kier molecular flexibility index (Phi) is 7.41. The Morgan fingerprint density at radius 2 is 1.84 bits per heavy atom. The van der Waals surface area contributed by atoms with Gasteiger partial charge < -0.3 is 10.1 Å². The quantitative estimate of drug-likeness (QED) is 0.683. The number of hydrogen-bond acceptors (Lipinski definition) is 6. The highest BCUT2D eigenvalue weighted by Gasteiger charge is 2.35. The minimum atomic E-state index is -0.667. The first-order chi connectivity index (χ1) is 14.9. The monoisotopic (exact) mass is 443 g/mol. The molecule has 0 spiro atoms. The zero-order chi connectivity index (χ0) is 22.4. The number of anilines is 1. The van der Waals surface area contributed by atoms with E-state index in [0.717, 1.165) is 0 Å². The van der Waals surface area contributed by atoms with Gasteiger partial charge in [0.05, 0.1) is 17.9 Å². The number of benzene rings is 2. The molecular weight excluding hydrogens is 421 g/mol. The summed E-state index contributed by atoms with van der Waals surface area (Å²) in [5, 5.41) is 2.49. The molecule has 0 radical (unpaired) electrons. The molecule has 1 heterocycles. The van der Waals surface area contributed by atoms with Gasteiger partial charge in [0.2, 0.25) is 11.8 Å². The van der Waals surface area contributed by atoms with E-state index in [9.17, 15) is 18.8 Å². The molecular formula is C22H22FN3O4S. The minimum Gasteiger partial charge on any atom is -0.462 e. The molecule has 2 aromatic rings. The van der Waals surface area contributed by atoms with Gasteiger partial charge in [0, 0.05) is 18.7 Å². The standard InChI is InChI=1S/C22H22FN3O4S/c1-3-26-19(27)13-18(31-22(26)25-17-11-7-15(23)8-12-17)20(28)24-16-9-5-14(6-10-16)21(29)30-4-2/h5-12,18H,3-4,13H2,1-2H3,(H,24,28)/t18-/m1/s1. The lowest BCUT2D eigenvalue weighted by molar-refractivity contribution is -0.129. The number of amidine groups is 1. The fourth-order valence-corrected chi connectivity index (χ4v) is 4.07. The summed E-state index contributed by atoms with van der Waals surface area (Å²) >= 11 is 1.18. The van der Waals surface area contributed by atoms with Crippen molar-refractivity contribution in [1.82, 2.24) is 4.90 Å². The molecule has 1 fully saturated rings. The number of hydrogen-bond donors (Lipinski definition) is 1. The lowest BCUT2D eigenvalue weighted by atomic mass is 10.2.